The van der Waals surface area contributed by atoms with E-state index >= 15 is 0 Å². The molecule has 1 fully saturated rings. The summed E-state index contributed by atoms with van der Waals surface area (Å²) in [6.45, 7) is -0.164. The van der Waals surface area contributed by atoms with Crippen LogP contribution in [0.15, 0.2) is 10.1 Å². The first kappa shape index (κ1) is 13.6. The number of ether oxygens (including phenoxy) is 2. The lowest BCUT2D eigenvalue weighted by Crippen LogP contribution is -2.42. The summed E-state index contributed by atoms with van der Waals surface area (Å²) in [6.07, 6.45) is 0. The summed E-state index contributed by atoms with van der Waals surface area (Å²) < 4.78 is 11.0. The van der Waals surface area contributed by atoms with Crippen molar-refractivity contribution in [1.29, 1.82) is 0 Å². The molecule has 0 saturated heterocycles. The molecular formula is C11H16Cl2O4. The summed E-state index contributed by atoms with van der Waals surface area (Å²) in [5.41, 5.74) is 0. The molecule has 0 aromatic carbocycles. The Morgan fingerprint density at radius 1 is 1.00 bits per heavy atom. The van der Waals surface area contributed by atoms with Gasteiger partial charge < -0.3 is 19.7 Å². The third-order valence-electron chi connectivity index (χ3n) is 4.11. The summed E-state index contributed by atoms with van der Waals surface area (Å²) in [4.78, 5) is 0. The van der Waals surface area contributed by atoms with E-state index in [2.05, 4.69) is 0 Å². The van der Waals surface area contributed by atoms with E-state index in [1.807, 2.05) is 0 Å². The van der Waals surface area contributed by atoms with Gasteiger partial charge in [-0.05, 0) is 0 Å². The number of aliphatic hydroxyl groups excluding tert-OH is 2. The molecule has 0 aliphatic heterocycles. The van der Waals surface area contributed by atoms with Gasteiger partial charge in [-0.25, -0.2) is 0 Å². The molecule has 0 amide bonds. The zero-order valence-corrected chi connectivity index (χ0v) is 11.2. The van der Waals surface area contributed by atoms with Crippen molar-refractivity contribution in [2.24, 2.45) is 23.7 Å². The Kier molecular flexibility index (Phi) is 3.74. The van der Waals surface area contributed by atoms with Crippen molar-refractivity contribution in [1.82, 2.24) is 0 Å². The first-order valence-corrected chi connectivity index (χ1v) is 6.21. The summed E-state index contributed by atoms with van der Waals surface area (Å²) in [6, 6.07) is 0. The number of methoxy groups -OCH3 is 2. The van der Waals surface area contributed by atoms with Crippen molar-refractivity contribution in [3.63, 3.8) is 0 Å². The maximum absolute atomic E-state index is 9.47. The topological polar surface area (TPSA) is 58.9 Å². The molecule has 4 nitrogen and oxygen atoms in total. The standard InChI is InChI=1S/C11H16Cl2O4/c1-16-11(17-2)7-5(3-14)6(4-15)8(11)10(13)9(7)12/h5-8,14-15H,3-4H2,1-2H3/t5-,6+,7+,8-. The fourth-order valence-electron chi connectivity index (χ4n) is 3.38. The molecule has 0 aromatic rings. The van der Waals surface area contributed by atoms with Gasteiger partial charge in [0.25, 0.3) is 0 Å². The summed E-state index contributed by atoms with van der Waals surface area (Å²) >= 11 is 12.4. The first-order valence-electron chi connectivity index (χ1n) is 5.46. The Labute approximate surface area is 110 Å². The molecule has 0 spiro atoms. The molecule has 2 bridgehead atoms. The van der Waals surface area contributed by atoms with E-state index in [-0.39, 0.29) is 36.9 Å². The fraction of sp³-hybridized carbons (Fsp3) is 0.818. The van der Waals surface area contributed by atoms with Gasteiger partial charge in [0.1, 0.15) is 0 Å². The Morgan fingerprint density at radius 2 is 1.35 bits per heavy atom. The van der Waals surface area contributed by atoms with Gasteiger partial charge in [-0.3, -0.25) is 0 Å². The van der Waals surface area contributed by atoms with Crippen LogP contribution in [0.25, 0.3) is 0 Å². The van der Waals surface area contributed by atoms with Crippen LogP contribution in [0.5, 0.6) is 0 Å². The van der Waals surface area contributed by atoms with Crippen molar-refractivity contribution < 1.29 is 19.7 Å². The minimum absolute atomic E-state index is 0.0821. The van der Waals surface area contributed by atoms with Crippen LogP contribution in [0.4, 0.5) is 0 Å². The smallest absolute Gasteiger partial charge is 0.183 e. The normalized spacial score (nSPS) is 39.2. The van der Waals surface area contributed by atoms with E-state index in [9.17, 15) is 10.2 Å². The molecule has 4 atom stereocenters. The second-order valence-electron chi connectivity index (χ2n) is 4.47. The quantitative estimate of drug-likeness (QED) is 0.760. The van der Waals surface area contributed by atoms with Crippen molar-refractivity contribution in [3.05, 3.63) is 10.1 Å². The Morgan fingerprint density at radius 3 is 1.59 bits per heavy atom. The average Bonchev–Trinajstić information content (AvgIpc) is 2.76. The molecule has 2 rings (SSSR count). The molecule has 98 valence electrons. The van der Waals surface area contributed by atoms with Crippen LogP contribution in [0, 0.1) is 23.7 Å². The van der Waals surface area contributed by atoms with Crippen LogP contribution in [-0.4, -0.2) is 43.4 Å². The van der Waals surface area contributed by atoms with Gasteiger partial charge in [0.15, 0.2) is 5.79 Å². The number of halogens is 2. The molecule has 6 heteroatoms. The molecule has 0 radical (unpaired) electrons. The molecule has 0 aromatic heterocycles. The van der Waals surface area contributed by atoms with E-state index in [0.29, 0.717) is 10.1 Å². The molecule has 17 heavy (non-hydrogen) atoms. The van der Waals surface area contributed by atoms with Crippen LogP contribution in [0.1, 0.15) is 0 Å². The van der Waals surface area contributed by atoms with Crippen molar-refractivity contribution in [3.8, 4) is 0 Å². The number of aliphatic hydroxyl groups is 2. The Balaban J connectivity index is 2.50. The van der Waals surface area contributed by atoms with E-state index in [1.165, 1.54) is 14.2 Å². The highest BCUT2D eigenvalue weighted by atomic mass is 35.5. The molecular weight excluding hydrogens is 267 g/mol. The fourth-order valence-corrected chi connectivity index (χ4v) is 4.25. The van der Waals surface area contributed by atoms with Crippen LogP contribution < -0.4 is 0 Å². The highest BCUT2D eigenvalue weighted by molar-refractivity contribution is 6.40. The van der Waals surface area contributed by atoms with E-state index in [0.717, 1.165) is 0 Å². The summed E-state index contributed by atoms with van der Waals surface area (Å²) in [5.74, 6) is -1.99. The van der Waals surface area contributed by atoms with Crippen LogP contribution >= 0.6 is 23.2 Å². The lowest BCUT2D eigenvalue weighted by Gasteiger charge is -2.32. The van der Waals surface area contributed by atoms with Gasteiger partial charge in [0, 0.05) is 49.3 Å². The number of hydrogen-bond acceptors (Lipinski definition) is 4. The Hall–Kier alpha value is 0.160. The summed E-state index contributed by atoms with van der Waals surface area (Å²) in [7, 11) is 3.05. The van der Waals surface area contributed by atoms with Crippen LogP contribution in [-0.2, 0) is 9.47 Å². The predicted molar refractivity (Wildman–Crippen MR) is 63.6 cm³/mol. The lowest BCUT2D eigenvalue weighted by atomic mass is 9.84. The first-order chi connectivity index (χ1) is 8.08. The van der Waals surface area contributed by atoms with E-state index in [1.54, 1.807) is 0 Å². The monoisotopic (exact) mass is 282 g/mol. The van der Waals surface area contributed by atoms with Crippen molar-refractivity contribution in [2.45, 2.75) is 5.79 Å². The zero-order chi connectivity index (χ0) is 12.8. The zero-order valence-electron chi connectivity index (χ0n) is 9.69. The van der Waals surface area contributed by atoms with Gasteiger partial charge in [-0.15, -0.1) is 0 Å². The van der Waals surface area contributed by atoms with E-state index < -0.39 is 5.79 Å². The molecule has 0 heterocycles. The van der Waals surface area contributed by atoms with Gasteiger partial charge in [-0.1, -0.05) is 23.2 Å². The van der Waals surface area contributed by atoms with Crippen LogP contribution in [0.2, 0.25) is 0 Å². The minimum atomic E-state index is -0.963. The molecule has 2 N–H and O–H groups in total. The largest absolute Gasteiger partial charge is 0.396 e. The SMILES string of the molecule is COC1(OC)[C@@H]2C(Cl)=C(Cl)[C@H]1[C@@H](CO)[C@H]2CO. The predicted octanol–water partition coefficient (Wildman–Crippen LogP) is 1.14. The van der Waals surface area contributed by atoms with Crippen molar-refractivity contribution >= 4 is 23.2 Å². The maximum Gasteiger partial charge on any atom is 0.183 e. The highest BCUT2D eigenvalue weighted by Crippen LogP contribution is 2.64. The molecule has 2 aliphatic carbocycles. The van der Waals surface area contributed by atoms with Gasteiger partial charge >= 0.3 is 0 Å². The van der Waals surface area contributed by atoms with E-state index in [4.69, 9.17) is 32.7 Å². The second-order valence-corrected chi connectivity index (χ2v) is 5.29. The molecule has 1 saturated carbocycles. The van der Waals surface area contributed by atoms with Gasteiger partial charge in [-0.2, -0.15) is 0 Å². The second kappa shape index (κ2) is 4.68. The van der Waals surface area contributed by atoms with Gasteiger partial charge in [0.05, 0.1) is 11.8 Å². The summed E-state index contributed by atoms with van der Waals surface area (Å²) in [5, 5.41) is 19.9. The molecule has 0 unspecified atom stereocenters. The Bertz CT molecular complexity index is 312. The number of rotatable bonds is 4. The maximum atomic E-state index is 9.47. The highest BCUT2D eigenvalue weighted by Gasteiger charge is 2.68. The third-order valence-corrected chi connectivity index (χ3v) is 5.08. The van der Waals surface area contributed by atoms with Crippen molar-refractivity contribution in [2.75, 3.05) is 27.4 Å². The van der Waals surface area contributed by atoms with Gasteiger partial charge in [0.2, 0.25) is 0 Å². The number of fused-ring (bicyclic) bond motifs is 2. The lowest BCUT2D eigenvalue weighted by molar-refractivity contribution is -0.236. The molecule has 2 aliphatic rings. The average molecular weight is 283 g/mol. The number of hydrogen-bond donors (Lipinski definition) is 2. The third kappa shape index (κ3) is 1.52. The van der Waals surface area contributed by atoms with Crippen LogP contribution in [0.3, 0.4) is 0 Å². The minimum Gasteiger partial charge on any atom is -0.396 e.